The van der Waals surface area contributed by atoms with E-state index < -0.39 is 18.1 Å². The molecule has 0 aliphatic heterocycles. The summed E-state index contributed by atoms with van der Waals surface area (Å²) in [5.41, 5.74) is 0. The molecule has 0 radical (unpaired) electrons. The number of carboxylic acid groups (broad SMARTS) is 1. The normalized spacial score (nSPS) is 14.4. The average Bonchev–Trinajstić information content (AvgIpc) is 2.22. The fourth-order valence-corrected chi connectivity index (χ4v) is 1.40. The van der Waals surface area contributed by atoms with Crippen molar-refractivity contribution in [3.05, 3.63) is 0 Å². The van der Waals surface area contributed by atoms with Crippen LogP contribution in [-0.2, 0) is 14.4 Å². The van der Waals surface area contributed by atoms with E-state index in [9.17, 15) is 14.4 Å². The third-order valence-electron chi connectivity index (χ3n) is 2.62. The fraction of sp³-hybridized carbons (Fsp3) is 0.750. The highest BCUT2D eigenvalue weighted by molar-refractivity contribution is 5.87. The zero-order chi connectivity index (χ0) is 13.6. The lowest BCUT2D eigenvalue weighted by atomic mass is 9.97. The number of ketones is 2. The Labute approximate surface area is 102 Å². The SMILES string of the molecule is CC(=O)C(C)NC(CCC(=O)O)C(=O)C(C)C. The molecule has 0 amide bonds. The van der Waals surface area contributed by atoms with Crippen molar-refractivity contribution in [3.8, 4) is 0 Å². The highest BCUT2D eigenvalue weighted by Crippen LogP contribution is 2.07. The van der Waals surface area contributed by atoms with Crippen LogP contribution >= 0.6 is 0 Å². The molecular weight excluding hydrogens is 222 g/mol. The number of hydrogen-bond donors (Lipinski definition) is 2. The van der Waals surface area contributed by atoms with E-state index in [4.69, 9.17) is 5.11 Å². The van der Waals surface area contributed by atoms with Crippen molar-refractivity contribution in [3.63, 3.8) is 0 Å². The zero-order valence-electron chi connectivity index (χ0n) is 10.8. The maximum Gasteiger partial charge on any atom is 0.303 e. The van der Waals surface area contributed by atoms with Crippen molar-refractivity contribution >= 4 is 17.5 Å². The molecule has 98 valence electrons. The first-order chi connectivity index (χ1) is 7.75. The molecule has 5 nitrogen and oxygen atoms in total. The third kappa shape index (κ3) is 6.16. The van der Waals surface area contributed by atoms with Gasteiger partial charge in [-0.25, -0.2) is 0 Å². The Morgan fingerprint density at radius 2 is 1.71 bits per heavy atom. The molecule has 0 aromatic carbocycles. The Morgan fingerprint density at radius 1 is 1.18 bits per heavy atom. The predicted molar refractivity (Wildman–Crippen MR) is 63.8 cm³/mol. The molecule has 2 unspecified atom stereocenters. The first-order valence-corrected chi connectivity index (χ1v) is 5.77. The van der Waals surface area contributed by atoms with Crippen LogP contribution < -0.4 is 5.32 Å². The molecular formula is C12H21NO4. The van der Waals surface area contributed by atoms with Gasteiger partial charge in [0.25, 0.3) is 0 Å². The molecule has 5 heteroatoms. The minimum absolute atomic E-state index is 0.0562. The quantitative estimate of drug-likeness (QED) is 0.664. The van der Waals surface area contributed by atoms with Crippen LogP contribution in [0.1, 0.15) is 40.5 Å². The zero-order valence-corrected chi connectivity index (χ0v) is 10.8. The number of rotatable bonds is 8. The first-order valence-electron chi connectivity index (χ1n) is 5.77. The molecule has 2 atom stereocenters. The number of nitrogens with one attached hydrogen (secondary N) is 1. The number of carbonyl (C=O) groups excluding carboxylic acids is 2. The summed E-state index contributed by atoms with van der Waals surface area (Å²) >= 11 is 0. The van der Waals surface area contributed by atoms with Crippen LogP contribution in [0.25, 0.3) is 0 Å². The number of carbonyl (C=O) groups is 3. The topological polar surface area (TPSA) is 83.5 Å². The lowest BCUT2D eigenvalue weighted by Gasteiger charge is -2.22. The van der Waals surface area contributed by atoms with Crippen molar-refractivity contribution in [1.82, 2.24) is 5.32 Å². The molecule has 0 saturated carbocycles. The van der Waals surface area contributed by atoms with Crippen LogP contribution in [0, 0.1) is 5.92 Å². The summed E-state index contributed by atoms with van der Waals surface area (Å²) in [6.07, 6.45) is 0.130. The van der Waals surface area contributed by atoms with Gasteiger partial charge in [0.1, 0.15) is 5.78 Å². The Balaban J connectivity index is 4.55. The van der Waals surface area contributed by atoms with Crippen molar-refractivity contribution in [2.45, 2.75) is 52.6 Å². The van der Waals surface area contributed by atoms with Gasteiger partial charge in [-0.05, 0) is 20.3 Å². The Morgan fingerprint density at radius 3 is 2.06 bits per heavy atom. The molecule has 2 N–H and O–H groups in total. The second-order valence-electron chi connectivity index (χ2n) is 4.54. The monoisotopic (exact) mass is 243 g/mol. The van der Waals surface area contributed by atoms with E-state index in [2.05, 4.69) is 5.32 Å². The molecule has 0 fully saturated rings. The van der Waals surface area contributed by atoms with Gasteiger partial charge in [-0.1, -0.05) is 13.8 Å². The van der Waals surface area contributed by atoms with Gasteiger partial charge in [0.15, 0.2) is 5.78 Å². The maximum atomic E-state index is 11.8. The Kier molecular flexibility index (Phi) is 6.65. The van der Waals surface area contributed by atoms with Crippen molar-refractivity contribution in [1.29, 1.82) is 0 Å². The lowest BCUT2D eigenvalue weighted by molar-refractivity contribution is -0.137. The summed E-state index contributed by atoms with van der Waals surface area (Å²) in [5.74, 6) is -1.24. The molecule has 0 aliphatic carbocycles. The van der Waals surface area contributed by atoms with Gasteiger partial charge in [-0.3, -0.25) is 19.7 Å². The summed E-state index contributed by atoms with van der Waals surface area (Å²) in [6.45, 7) is 6.63. The minimum Gasteiger partial charge on any atom is -0.481 e. The van der Waals surface area contributed by atoms with Crippen molar-refractivity contribution < 1.29 is 19.5 Å². The van der Waals surface area contributed by atoms with Crippen LogP contribution in [0.4, 0.5) is 0 Å². The molecule has 0 bridgehead atoms. The number of carboxylic acids is 1. The van der Waals surface area contributed by atoms with Gasteiger partial charge < -0.3 is 5.11 Å². The van der Waals surface area contributed by atoms with Crippen LogP contribution in [0.2, 0.25) is 0 Å². The summed E-state index contributed by atoms with van der Waals surface area (Å²) in [7, 11) is 0. The van der Waals surface area contributed by atoms with Gasteiger partial charge >= 0.3 is 5.97 Å². The largest absolute Gasteiger partial charge is 0.481 e. The van der Waals surface area contributed by atoms with Crippen LogP contribution in [0.3, 0.4) is 0 Å². The second kappa shape index (κ2) is 7.17. The summed E-state index contributed by atoms with van der Waals surface area (Å²) in [6, 6.07) is -0.999. The van der Waals surface area contributed by atoms with E-state index in [1.165, 1.54) is 6.92 Å². The fourth-order valence-electron chi connectivity index (χ4n) is 1.40. The van der Waals surface area contributed by atoms with E-state index in [0.29, 0.717) is 0 Å². The predicted octanol–water partition coefficient (Wildman–Crippen LogP) is 1.01. The average molecular weight is 243 g/mol. The van der Waals surface area contributed by atoms with Gasteiger partial charge in [0, 0.05) is 12.3 Å². The number of Topliss-reactive ketones (excluding diaryl/α,β-unsaturated/α-hetero) is 2. The standard InChI is InChI=1S/C12H21NO4/c1-7(2)12(17)10(5-6-11(15)16)13-8(3)9(4)14/h7-8,10,13H,5-6H2,1-4H3,(H,15,16). The van der Waals surface area contributed by atoms with E-state index in [1.807, 2.05) is 0 Å². The first kappa shape index (κ1) is 15.8. The Bertz CT molecular complexity index is 299. The lowest BCUT2D eigenvalue weighted by Crippen LogP contribution is -2.46. The van der Waals surface area contributed by atoms with Gasteiger partial charge in [0.2, 0.25) is 0 Å². The molecule has 17 heavy (non-hydrogen) atoms. The number of aliphatic carboxylic acids is 1. The summed E-state index contributed by atoms with van der Waals surface area (Å²) < 4.78 is 0. The molecule has 0 heterocycles. The van der Waals surface area contributed by atoms with E-state index in [1.54, 1.807) is 20.8 Å². The summed E-state index contributed by atoms with van der Waals surface area (Å²) in [4.78, 5) is 33.5. The highest BCUT2D eigenvalue weighted by atomic mass is 16.4. The Hall–Kier alpha value is -1.23. The van der Waals surface area contributed by atoms with E-state index in [0.717, 1.165) is 0 Å². The third-order valence-corrected chi connectivity index (χ3v) is 2.62. The van der Waals surface area contributed by atoms with E-state index in [-0.39, 0.29) is 30.3 Å². The van der Waals surface area contributed by atoms with Crippen molar-refractivity contribution in [2.75, 3.05) is 0 Å². The van der Waals surface area contributed by atoms with Gasteiger partial charge in [0.05, 0.1) is 12.1 Å². The minimum atomic E-state index is -0.941. The second-order valence-corrected chi connectivity index (χ2v) is 4.54. The number of hydrogen-bond acceptors (Lipinski definition) is 4. The smallest absolute Gasteiger partial charge is 0.303 e. The molecule has 0 aromatic rings. The molecule has 0 rings (SSSR count). The van der Waals surface area contributed by atoms with Crippen LogP contribution in [-0.4, -0.2) is 34.7 Å². The van der Waals surface area contributed by atoms with Gasteiger partial charge in [-0.2, -0.15) is 0 Å². The highest BCUT2D eigenvalue weighted by Gasteiger charge is 2.24. The van der Waals surface area contributed by atoms with E-state index >= 15 is 0 Å². The van der Waals surface area contributed by atoms with Crippen molar-refractivity contribution in [2.24, 2.45) is 5.92 Å². The van der Waals surface area contributed by atoms with Gasteiger partial charge in [-0.15, -0.1) is 0 Å². The molecule has 0 aliphatic rings. The maximum absolute atomic E-state index is 11.8. The molecule has 0 aromatic heterocycles. The van der Waals surface area contributed by atoms with Crippen LogP contribution in [0.15, 0.2) is 0 Å². The molecule has 0 saturated heterocycles. The molecule has 0 spiro atoms. The van der Waals surface area contributed by atoms with Crippen LogP contribution in [0.5, 0.6) is 0 Å². The summed E-state index contributed by atoms with van der Waals surface area (Å²) in [5, 5.41) is 11.5.